The molecule has 2 N–H and O–H groups in total. The van der Waals surface area contributed by atoms with Gasteiger partial charge in [-0.15, -0.1) is 0 Å². The summed E-state index contributed by atoms with van der Waals surface area (Å²) in [5, 5.41) is 11.3. The van der Waals surface area contributed by atoms with Gasteiger partial charge in [-0.25, -0.2) is 0 Å². The maximum atomic E-state index is 10.3. The molecule has 0 saturated carbocycles. The summed E-state index contributed by atoms with van der Waals surface area (Å²) in [6, 6.07) is 13.1. The first-order chi connectivity index (χ1) is 13.1. The number of quaternary nitrogens is 1. The van der Waals surface area contributed by atoms with E-state index in [1.807, 2.05) is 18.2 Å². The largest absolute Gasteiger partial charge is 0.495 e. The second-order valence-electron chi connectivity index (χ2n) is 6.65. The van der Waals surface area contributed by atoms with Crippen molar-refractivity contribution in [3.8, 4) is 11.5 Å². The fourth-order valence-electron chi connectivity index (χ4n) is 3.33. The maximum Gasteiger partial charge on any atom is 0.142 e. The number of aliphatic hydroxyl groups excluding tert-OH is 1. The highest BCUT2D eigenvalue weighted by molar-refractivity contribution is 6.35. The first-order valence-corrected chi connectivity index (χ1v) is 9.80. The fraction of sp³-hybridized carbons (Fsp3) is 0.400. The Morgan fingerprint density at radius 1 is 1.11 bits per heavy atom. The van der Waals surface area contributed by atoms with Crippen molar-refractivity contribution < 1.29 is 19.5 Å². The minimum atomic E-state index is -0.551. The van der Waals surface area contributed by atoms with Gasteiger partial charge in [0.25, 0.3) is 0 Å². The number of hydrogen-bond donors (Lipinski definition) is 2. The summed E-state index contributed by atoms with van der Waals surface area (Å²) in [5.74, 6) is 1.44. The van der Waals surface area contributed by atoms with Crippen molar-refractivity contribution in [2.45, 2.75) is 6.10 Å². The topological polar surface area (TPSA) is 46.4 Å². The number of ether oxygens (including phenoxy) is 2. The van der Waals surface area contributed by atoms with Crippen LogP contribution in [0.1, 0.15) is 0 Å². The van der Waals surface area contributed by atoms with Crippen molar-refractivity contribution in [1.29, 1.82) is 0 Å². The molecular formula is C20H25Cl2N2O3+. The normalized spacial score (nSPS) is 16.2. The van der Waals surface area contributed by atoms with Crippen molar-refractivity contribution >= 4 is 28.9 Å². The summed E-state index contributed by atoms with van der Waals surface area (Å²) < 4.78 is 11.1. The van der Waals surface area contributed by atoms with Crippen LogP contribution < -0.4 is 19.3 Å². The van der Waals surface area contributed by atoms with E-state index in [0.29, 0.717) is 22.3 Å². The molecule has 3 rings (SSSR count). The third kappa shape index (κ3) is 5.42. The van der Waals surface area contributed by atoms with E-state index in [2.05, 4.69) is 11.0 Å². The van der Waals surface area contributed by atoms with Gasteiger partial charge >= 0.3 is 0 Å². The number of nitrogens with one attached hydrogen (secondary N) is 1. The second-order valence-corrected chi connectivity index (χ2v) is 7.50. The molecular weight excluding hydrogens is 387 g/mol. The molecule has 146 valence electrons. The molecule has 27 heavy (non-hydrogen) atoms. The standard InChI is InChI=1S/C20H24Cl2N2O3/c1-26-20-5-3-2-4-18(20)24-10-8-23(9-11-24)13-16(25)14-27-19-7-6-15(21)12-17(19)22/h2-7,12,16,25H,8-11,13-14H2,1H3/p+1/t16-/m0/s1. The first-order valence-electron chi connectivity index (χ1n) is 9.04. The average molecular weight is 412 g/mol. The molecule has 7 heteroatoms. The number of para-hydroxylation sites is 2. The Bertz CT molecular complexity index is 752. The fourth-order valence-corrected chi connectivity index (χ4v) is 3.79. The number of methoxy groups -OCH3 is 1. The molecule has 1 heterocycles. The molecule has 0 aliphatic carbocycles. The molecule has 5 nitrogen and oxygen atoms in total. The SMILES string of the molecule is COc1ccccc1N1CC[NH+](C[C@H](O)COc2ccc(Cl)cc2Cl)CC1. The molecule has 2 aromatic rings. The highest BCUT2D eigenvalue weighted by atomic mass is 35.5. The van der Waals surface area contributed by atoms with Crippen LogP contribution in [-0.2, 0) is 0 Å². The van der Waals surface area contributed by atoms with E-state index >= 15 is 0 Å². The Kier molecular flexibility index (Phi) is 7.07. The predicted octanol–water partition coefficient (Wildman–Crippen LogP) is 2.15. The maximum absolute atomic E-state index is 10.3. The quantitative estimate of drug-likeness (QED) is 0.732. The number of piperazine rings is 1. The minimum Gasteiger partial charge on any atom is -0.495 e. The molecule has 0 aromatic heterocycles. The van der Waals surface area contributed by atoms with Crippen LogP contribution in [0.3, 0.4) is 0 Å². The Labute approximate surface area is 170 Å². The van der Waals surface area contributed by atoms with Crippen LogP contribution >= 0.6 is 23.2 Å². The van der Waals surface area contributed by atoms with Crippen LogP contribution in [0.2, 0.25) is 10.0 Å². The van der Waals surface area contributed by atoms with Crippen LogP contribution in [-0.4, -0.2) is 57.7 Å². The highest BCUT2D eigenvalue weighted by Gasteiger charge is 2.24. The predicted molar refractivity (Wildman–Crippen MR) is 109 cm³/mol. The van der Waals surface area contributed by atoms with E-state index in [9.17, 15) is 5.11 Å². The van der Waals surface area contributed by atoms with Crippen LogP contribution in [0.4, 0.5) is 5.69 Å². The lowest BCUT2D eigenvalue weighted by Gasteiger charge is -2.35. The Balaban J connectivity index is 1.46. The van der Waals surface area contributed by atoms with Gasteiger partial charge in [0, 0.05) is 5.02 Å². The second kappa shape index (κ2) is 9.51. The molecule has 1 aliphatic heterocycles. The molecule has 0 amide bonds. The van der Waals surface area contributed by atoms with E-state index in [-0.39, 0.29) is 6.61 Å². The average Bonchev–Trinajstić information content (AvgIpc) is 2.68. The van der Waals surface area contributed by atoms with E-state index in [4.69, 9.17) is 32.7 Å². The monoisotopic (exact) mass is 411 g/mol. The summed E-state index contributed by atoms with van der Waals surface area (Å²) in [6.45, 7) is 4.61. The number of halogens is 2. The summed E-state index contributed by atoms with van der Waals surface area (Å²) in [7, 11) is 1.70. The van der Waals surface area contributed by atoms with Gasteiger partial charge in [-0.3, -0.25) is 0 Å². The lowest BCUT2D eigenvalue weighted by atomic mass is 10.2. The molecule has 1 fully saturated rings. The van der Waals surface area contributed by atoms with Gasteiger partial charge in [0.2, 0.25) is 0 Å². The number of nitrogens with zero attached hydrogens (tertiary/aromatic N) is 1. The summed E-state index contributed by atoms with van der Waals surface area (Å²) >= 11 is 12.0. The first kappa shape index (κ1) is 20.1. The summed E-state index contributed by atoms with van der Waals surface area (Å²) in [5.41, 5.74) is 1.13. The number of rotatable bonds is 7. The molecule has 1 aliphatic rings. The molecule has 0 bridgehead atoms. The van der Waals surface area contributed by atoms with Gasteiger partial charge in [0.15, 0.2) is 0 Å². The Hall–Kier alpha value is -1.66. The van der Waals surface area contributed by atoms with Crippen molar-refractivity contribution in [2.24, 2.45) is 0 Å². The third-order valence-corrected chi connectivity index (χ3v) is 5.28. The summed E-state index contributed by atoms with van der Waals surface area (Å²) in [4.78, 5) is 3.69. The van der Waals surface area contributed by atoms with Crippen molar-refractivity contribution in [2.75, 3.05) is 51.3 Å². The zero-order valence-corrected chi connectivity index (χ0v) is 16.8. The summed E-state index contributed by atoms with van der Waals surface area (Å²) in [6.07, 6.45) is -0.551. The Morgan fingerprint density at radius 2 is 1.85 bits per heavy atom. The number of benzene rings is 2. The highest BCUT2D eigenvalue weighted by Crippen LogP contribution is 2.28. The number of hydrogen-bond acceptors (Lipinski definition) is 4. The lowest BCUT2D eigenvalue weighted by molar-refractivity contribution is -0.903. The van der Waals surface area contributed by atoms with E-state index in [0.717, 1.165) is 37.6 Å². The molecule has 0 unspecified atom stereocenters. The third-order valence-electron chi connectivity index (χ3n) is 4.75. The molecule has 0 radical (unpaired) electrons. The van der Waals surface area contributed by atoms with Crippen molar-refractivity contribution in [3.63, 3.8) is 0 Å². The molecule has 1 atom stereocenters. The lowest BCUT2D eigenvalue weighted by Crippen LogP contribution is -3.16. The molecule has 2 aromatic carbocycles. The van der Waals surface area contributed by atoms with Crippen LogP contribution in [0, 0.1) is 0 Å². The van der Waals surface area contributed by atoms with Crippen molar-refractivity contribution in [3.05, 3.63) is 52.5 Å². The number of aliphatic hydroxyl groups is 1. The van der Waals surface area contributed by atoms with Crippen molar-refractivity contribution in [1.82, 2.24) is 0 Å². The van der Waals surface area contributed by atoms with Gasteiger partial charge in [0.05, 0.1) is 44.0 Å². The van der Waals surface area contributed by atoms with Gasteiger partial charge in [-0.2, -0.15) is 0 Å². The van der Waals surface area contributed by atoms with Gasteiger partial charge in [0.1, 0.15) is 30.8 Å². The van der Waals surface area contributed by atoms with E-state index in [1.54, 1.807) is 25.3 Å². The van der Waals surface area contributed by atoms with Crippen LogP contribution in [0.5, 0.6) is 11.5 Å². The van der Waals surface area contributed by atoms with Crippen LogP contribution in [0.15, 0.2) is 42.5 Å². The zero-order chi connectivity index (χ0) is 19.2. The molecule has 1 saturated heterocycles. The van der Waals surface area contributed by atoms with E-state index in [1.165, 1.54) is 4.90 Å². The van der Waals surface area contributed by atoms with Gasteiger partial charge < -0.3 is 24.4 Å². The van der Waals surface area contributed by atoms with Gasteiger partial charge in [-0.1, -0.05) is 35.3 Å². The van der Waals surface area contributed by atoms with Crippen LogP contribution in [0.25, 0.3) is 0 Å². The zero-order valence-electron chi connectivity index (χ0n) is 15.3. The van der Waals surface area contributed by atoms with E-state index < -0.39 is 6.10 Å². The number of anilines is 1. The smallest absolute Gasteiger partial charge is 0.142 e. The Morgan fingerprint density at radius 3 is 2.56 bits per heavy atom. The van der Waals surface area contributed by atoms with Gasteiger partial charge in [-0.05, 0) is 30.3 Å². The molecule has 0 spiro atoms. The minimum absolute atomic E-state index is 0.209.